The van der Waals surface area contributed by atoms with Crippen LogP contribution in [0.5, 0.6) is 0 Å². The molecule has 2 rings (SSSR count). The second kappa shape index (κ2) is 7.45. The normalized spacial score (nSPS) is 15.4. The highest BCUT2D eigenvalue weighted by molar-refractivity contribution is 7.80. The molecule has 3 N–H and O–H groups in total. The van der Waals surface area contributed by atoms with Crippen LogP contribution < -0.4 is 16.2 Å². The van der Waals surface area contributed by atoms with Crippen LogP contribution >= 0.6 is 23.8 Å². The molecule has 0 bridgehead atoms. The van der Waals surface area contributed by atoms with E-state index in [-0.39, 0.29) is 11.8 Å². The Balaban J connectivity index is 1.74. The Hall–Kier alpha value is -1.33. The van der Waals surface area contributed by atoms with Gasteiger partial charge in [0.05, 0.1) is 0 Å². The highest BCUT2D eigenvalue weighted by atomic mass is 35.5. The van der Waals surface area contributed by atoms with E-state index in [1.807, 2.05) is 12.1 Å². The Labute approximate surface area is 129 Å². The summed E-state index contributed by atoms with van der Waals surface area (Å²) < 4.78 is 0. The fourth-order valence-electron chi connectivity index (χ4n) is 2.28. The van der Waals surface area contributed by atoms with Crippen molar-refractivity contribution in [3.05, 3.63) is 29.3 Å². The van der Waals surface area contributed by atoms with Crippen molar-refractivity contribution in [1.82, 2.24) is 10.9 Å². The van der Waals surface area contributed by atoms with E-state index in [1.54, 1.807) is 12.1 Å². The van der Waals surface area contributed by atoms with Crippen molar-refractivity contribution >= 4 is 40.5 Å². The lowest BCUT2D eigenvalue weighted by atomic mass is 9.89. The van der Waals surface area contributed by atoms with E-state index >= 15 is 0 Å². The van der Waals surface area contributed by atoms with Crippen molar-refractivity contribution in [2.45, 2.75) is 32.1 Å². The number of nitrogens with one attached hydrogen (secondary N) is 3. The molecule has 108 valence electrons. The molecule has 4 nitrogen and oxygen atoms in total. The maximum Gasteiger partial charge on any atom is 0.241 e. The van der Waals surface area contributed by atoms with E-state index < -0.39 is 0 Å². The van der Waals surface area contributed by atoms with E-state index in [1.165, 1.54) is 6.42 Å². The molecular weight excluding hydrogens is 294 g/mol. The van der Waals surface area contributed by atoms with Gasteiger partial charge in [-0.25, -0.2) is 0 Å². The monoisotopic (exact) mass is 311 g/mol. The number of thiocarbonyl (C=S) groups is 1. The number of anilines is 1. The molecule has 6 heteroatoms. The molecule has 0 aliphatic heterocycles. The first-order valence-corrected chi connectivity index (χ1v) is 7.56. The van der Waals surface area contributed by atoms with Crippen molar-refractivity contribution in [2.75, 3.05) is 5.32 Å². The van der Waals surface area contributed by atoms with Crippen LogP contribution in [0.25, 0.3) is 0 Å². The SMILES string of the molecule is O=C(NNC(=S)Nc1ccc(Cl)cc1)C1CCCCC1. The zero-order valence-electron chi connectivity index (χ0n) is 11.1. The molecule has 1 saturated carbocycles. The third kappa shape index (κ3) is 4.65. The summed E-state index contributed by atoms with van der Waals surface area (Å²) in [4.78, 5) is 11.9. The second-order valence-electron chi connectivity index (χ2n) is 4.91. The Kier molecular flexibility index (Phi) is 5.61. The highest BCUT2D eigenvalue weighted by Gasteiger charge is 2.20. The third-order valence-corrected chi connectivity index (χ3v) is 3.83. The fourth-order valence-corrected chi connectivity index (χ4v) is 2.58. The minimum absolute atomic E-state index is 0.0185. The standard InChI is InChI=1S/C14H18ClN3OS/c15-11-6-8-12(9-7-11)16-14(20)18-17-13(19)10-4-2-1-3-5-10/h6-10H,1-5H2,(H,17,19)(H2,16,18,20). The number of benzene rings is 1. The molecule has 1 aliphatic carbocycles. The van der Waals surface area contributed by atoms with Gasteiger partial charge in [0.2, 0.25) is 5.91 Å². The van der Waals surface area contributed by atoms with Gasteiger partial charge in [0, 0.05) is 16.6 Å². The average molecular weight is 312 g/mol. The molecule has 1 aliphatic rings. The first-order chi connectivity index (χ1) is 9.65. The number of carbonyl (C=O) groups is 1. The number of halogens is 1. The number of amides is 1. The van der Waals surface area contributed by atoms with Gasteiger partial charge >= 0.3 is 0 Å². The van der Waals surface area contributed by atoms with Crippen LogP contribution in [0.1, 0.15) is 32.1 Å². The van der Waals surface area contributed by atoms with Gasteiger partial charge < -0.3 is 5.32 Å². The summed E-state index contributed by atoms with van der Waals surface area (Å²) >= 11 is 10.9. The fraction of sp³-hybridized carbons (Fsp3) is 0.429. The van der Waals surface area contributed by atoms with E-state index in [2.05, 4.69) is 16.2 Å². The van der Waals surface area contributed by atoms with Crippen molar-refractivity contribution < 1.29 is 4.79 Å². The number of rotatable bonds is 2. The van der Waals surface area contributed by atoms with Gasteiger partial charge in [0.15, 0.2) is 5.11 Å². The summed E-state index contributed by atoms with van der Waals surface area (Å²) in [6, 6.07) is 7.18. The van der Waals surface area contributed by atoms with Crippen molar-refractivity contribution in [3.63, 3.8) is 0 Å². The average Bonchev–Trinajstić information content (AvgIpc) is 2.48. The zero-order chi connectivity index (χ0) is 14.4. The predicted octanol–water partition coefficient (Wildman–Crippen LogP) is 3.24. The van der Waals surface area contributed by atoms with Crippen molar-refractivity contribution in [1.29, 1.82) is 0 Å². The minimum atomic E-state index is 0.0185. The largest absolute Gasteiger partial charge is 0.331 e. The van der Waals surface area contributed by atoms with Gasteiger partial charge in [-0.15, -0.1) is 0 Å². The Morgan fingerprint density at radius 3 is 2.40 bits per heavy atom. The van der Waals surface area contributed by atoms with Crippen LogP contribution in [0.4, 0.5) is 5.69 Å². The van der Waals surface area contributed by atoms with Gasteiger partial charge in [-0.2, -0.15) is 0 Å². The Morgan fingerprint density at radius 1 is 1.10 bits per heavy atom. The maximum atomic E-state index is 11.9. The number of hydrazine groups is 1. The molecule has 1 aromatic rings. The smallest absolute Gasteiger partial charge is 0.241 e. The molecule has 0 unspecified atom stereocenters. The molecule has 0 heterocycles. The van der Waals surface area contributed by atoms with Gasteiger partial charge in [-0.3, -0.25) is 15.6 Å². The Morgan fingerprint density at radius 2 is 1.75 bits per heavy atom. The molecule has 20 heavy (non-hydrogen) atoms. The molecule has 1 fully saturated rings. The zero-order valence-corrected chi connectivity index (χ0v) is 12.7. The lowest BCUT2D eigenvalue weighted by Crippen LogP contribution is -2.46. The minimum Gasteiger partial charge on any atom is -0.331 e. The van der Waals surface area contributed by atoms with E-state index in [0.717, 1.165) is 31.4 Å². The van der Waals surface area contributed by atoms with Crippen LogP contribution in [0, 0.1) is 5.92 Å². The van der Waals surface area contributed by atoms with Gasteiger partial charge in [0.1, 0.15) is 0 Å². The van der Waals surface area contributed by atoms with Crippen molar-refractivity contribution in [2.24, 2.45) is 5.92 Å². The van der Waals surface area contributed by atoms with Gasteiger partial charge in [-0.1, -0.05) is 30.9 Å². The Bertz CT molecular complexity index is 472. The second-order valence-corrected chi connectivity index (χ2v) is 5.75. The molecule has 0 aromatic heterocycles. The van der Waals surface area contributed by atoms with Crippen LogP contribution in [-0.2, 0) is 4.79 Å². The van der Waals surface area contributed by atoms with Gasteiger partial charge in [-0.05, 0) is 49.3 Å². The van der Waals surface area contributed by atoms with Crippen LogP contribution in [0.3, 0.4) is 0 Å². The lowest BCUT2D eigenvalue weighted by Gasteiger charge is -2.21. The summed E-state index contributed by atoms with van der Waals surface area (Å²) in [7, 11) is 0. The van der Waals surface area contributed by atoms with E-state index in [0.29, 0.717) is 10.1 Å². The molecule has 0 atom stereocenters. The van der Waals surface area contributed by atoms with Gasteiger partial charge in [0.25, 0.3) is 0 Å². The van der Waals surface area contributed by atoms with Crippen LogP contribution in [0.15, 0.2) is 24.3 Å². The molecular formula is C14H18ClN3OS. The molecule has 0 saturated heterocycles. The number of carbonyl (C=O) groups excluding carboxylic acids is 1. The third-order valence-electron chi connectivity index (χ3n) is 3.38. The molecule has 0 radical (unpaired) electrons. The first-order valence-electron chi connectivity index (χ1n) is 6.77. The summed E-state index contributed by atoms with van der Waals surface area (Å²) in [6.07, 6.45) is 5.42. The summed E-state index contributed by atoms with van der Waals surface area (Å²) in [5, 5.41) is 4.00. The summed E-state index contributed by atoms with van der Waals surface area (Å²) in [5.74, 6) is 0.125. The topological polar surface area (TPSA) is 53.2 Å². The lowest BCUT2D eigenvalue weighted by molar-refractivity contribution is -0.126. The van der Waals surface area contributed by atoms with Crippen molar-refractivity contribution in [3.8, 4) is 0 Å². The summed E-state index contributed by atoms with van der Waals surface area (Å²) in [5.41, 5.74) is 6.21. The van der Waals surface area contributed by atoms with Crippen LogP contribution in [-0.4, -0.2) is 11.0 Å². The molecule has 1 amide bonds. The quantitative estimate of drug-likeness (QED) is 0.580. The first kappa shape index (κ1) is 15.1. The number of hydrogen-bond donors (Lipinski definition) is 3. The van der Waals surface area contributed by atoms with E-state index in [9.17, 15) is 4.79 Å². The maximum absolute atomic E-state index is 11.9. The molecule has 0 spiro atoms. The summed E-state index contributed by atoms with van der Waals surface area (Å²) in [6.45, 7) is 0. The van der Waals surface area contributed by atoms with Crippen LogP contribution in [0.2, 0.25) is 5.02 Å². The molecule has 1 aromatic carbocycles. The predicted molar refractivity (Wildman–Crippen MR) is 85.5 cm³/mol. The highest BCUT2D eigenvalue weighted by Crippen LogP contribution is 2.23. The van der Waals surface area contributed by atoms with E-state index in [4.69, 9.17) is 23.8 Å². The number of hydrogen-bond acceptors (Lipinski definition) is 2.